The van der Waals surface area contributed by atoms with Gasteiger partial charge in [0.2, 0.25) is 0 Å². The summed E-state index contributed by atoms with van der Waals surface area (Å²) in [5, 5.41) is 0.390. The van der Waals surface area contributed by atoms with Gasteiger partial charge in [-0.1, -0.05) is 11.3 Å². The van der Waals surface area contributed by atoms with Gasteiger partial charge >= 0.3 is 0 Å². The Balaban J connectivity index is 2.44. The average Bonchev–Trinajstić information content (AvgIpc) is 2.61. The van der Waals surface area contributed by atoms with Gasteiger partial charge in [0, 0.05) is 12.3 Å². The van der Waals surface area contributed by atoms with Crippen LogP contribution in [0.25, 0.3) is 10.7 Å². The third kappa shape index (κ3) is 3.14. The molecule has 0 unspecified atom stereocenters. The molecule has 0 saturated carbocycles. The Labute approximate surface area is 108 Å². The van der Waals surface area contributed by atoms with Crippen LogP contribution in [0.2, 0.25) is 0 Å². The van der Waals surface area contributed by atoms with E-state index in [9.17, 15) is 8.42 Å². The molecule has 0 aliphatic carbocycles. The summed E-state index contributed by atoms with van der Waals surface area (Å²) in [4.78, 5) is 12.7. The lowest BCUT2D eigenvalue weighted by molar-refractivity contribution is 0.600. The van der Waals surface area contributed by atoms with Crippen LogP contribution in [-0.4, -0.2) is 29.6 Å². The van der Waals surface area contributed by atoms with E-state index in [1.54, 1.807) is 0 Å². The molecule has 0 bridgehead atoms. The van der Waals surface area contributed by atoms with Gasteiger partial charge in [-0.3, -0.25) is 0 Å². The molecule has 7 nitrogen and oxygen atoms in total. The van der Waals surface area contributed by atoms with E-state index in [0.29, 0.717) is 21.5 Å². The van der Waals surface area contributed by atoms with Crippen LogP contribution < -0.4 is 11.5 Å². The molecule has 0 aliphatic heterocycles. The molecular weight excluding hydrogens is 274 g/mol. The molecule has 4 N–H and O–H groups in total. The van der Waals surface area contributed by atoms with E-state index in [1.165, 1.54) is 23.6 Å². The van der Waals surface area contributed by atoms with Crippen LogP contribution in [0.15, 0.2) is 12.3 Å². The summed E-state index contributed by atoms with van der Waals surface area (Å²) in [6.07, 6.45) is 2.66. The minimum absolute atomic E-state index is 0.180. The van der Waals surface area contributed by atoms with Crippen molar-refractivity contribution in [3.05, 3.63) is 18.0 Å². The zero-order valence-electron chi connectivity index (χ0n) is 9.49. The number of aromatic nitrogens is 3. The molecule has 0 saturated heterocycles. The summed E-state index contributed by atoms with van der Waals surface area (Å²) in [6, 6.07) is 1.44. The Morgan fingerprint density at radius 3 is 2.61 bits per heavy atom. The number of hydrogen-bond acceptors (Lipinski definition) is 8. The van der Waals surface area contributed by atoms with Crippen LogP contribution >= 0.6 is 11.3 Å². The maximum atomic E-state index is 11.2. The fourth-order valence-corrected chi connectivity index (χ4v) is 2.67. The van der Waals surface area contributed by atoms with Crippen LogP contribution in [0.5, 0.6) is 0 Å². The smallest absolute Gasteiger partial charge is 0.180 e. The van der Waals surface area contributed by atoms with Gasteiger partial charge < -0.3 is 11.5 Å². The first-order valence-electron chi connectivity index (χ1n) is 4.86. The van der Waals surface area contributed by atoms with E-state index < -0.39 is 9.84 Å². The highest BCUT2D eigenvalue weighted by Crippen LogP contribution is 2.25. The first-order valence-corrected chi connectivity index (χ1v) is 7.74. The second-order valence-electron chi connectivity index (χ2n) is 3.74. The summed E-state index contributed by atoms with van der Waals surface area (Å²) < 4.78 is 22.5. The van der Waals surface area contributed by atoms with E-state index in [-0.39, 0.29) is 11.6 Å². The van der Waals surface area contributed by atoms with Crippen molar-refractivity contribution in [2.24, 2.45) is 0 Å². The van der Waals surface area contributed by atoms with Gasteiger partial charge in [0.05, 0.1) is 22.5 Å². The van der Waals surface area contributed by atoms with Crippen LogP contribution in [0.4, 0.5) is 10.9 Å². The molecule has 0 atom stereocenters. The second-order valence-corrected chi connectivity index (χ2v) is 6.94. The van der Waals surface area contributed by atoms with Crippen LogP contribution in [0, 0.1) is 0 Å². The normalized spacial score (nSPS) is 11.6. The Morgan fingerprint density at radius 2 is 2.06 bits per heavy atom. The van der Waals surface area contributed by atoms with Crippen molar-refractivity contribution in [1.82, 2.24) is 15.0 Å². The number of sulfone groups is 1. The van der Waals surface area contributed by atoms with Crippen molar-refractivity contribution >= 4 is 32.1 Å². The number of nitrogen functional groups attached to an aromatic ring is 2. The Bertz CT molecular complexity index is 680. The number of nitrogens with zero attached hydrogens (tertiary/aromatic N) is 3. The van der Waals surface area contributed by atoms with Gasteiger partial charge in [0.1, 0.15) is 5.82 Å². The summed E-state index contributed by atoms with van der Waals surface area (Å²) in [5.41, 5.74) is 11.5. The van der Waals surface area contributed by atoms with Crippen molar-refractivity contribution in [3.63, 3.8) is 0 Å². The van der Waals surface area contributed by atoms with E-state index in [1.807, 2.05) is 0 Å². The Morgan fingerprint density at radius 1 is 1.33 bits per heavy atom. The van der Waals surface area contributed by atoms with Crippen molar-refractivity contribution in [3.8, 4) is 10.7 Å². The largest absolute Gasteiger partial charge is 0.384 e. The van der Waals surface area contributed by atoms with Crippen molar-refractivity contribution in [2.75, 3.05) is 17.7 Å². The predicted molar refractivity (Wildman–Crippen MR) is 70.5 cm³/mol. The fraction of sp³-hybridized carbons (Fsp3) is 0.222. The topological polar surface area (TPSA) is 125 Å². The monoisotopic (exact) mass is 285 g/mol. The summed E-state index contributed by atoms with van der Waals surface area (Å²) >= 11 is 1.21. The zero-order chi connectivity index (χ0) is 13.3. The number of thiazole rings is 1. The number of anilines is 2. The lowest BCUT2D eigenvalue weighted by atomic mass is 10.4. The molecule has 2 aromatic heterocycles. The van der Waals surface area contributed by atoms with Crippen LogP contribution in [-0.2, 0) is 15.6 Å². The highest BCUT2D eigenvalue weighted by atomic mass is 32.2. The van der Waals surface area contributed by atoms with E-state index in [4.69, 9.17) is 11.5 Å². The molecule has 9 heteroatoms. The van der Waals surface area contributed by atoms with Crippen LogP contribution in [0.3, 0.4) is 0 Å². The first-order chi connectivity index (χ1) is 8.33. The van der Waals surface area contributed by atoms with Gasteiger partial charge in [0.15, 0.2) is 20.8 Å². The van der Waals surface area contributed by atoms with E-state index >= 15 is 0 Å². The zero-order valence-corrected chi connectivity index (χ0v) is 11.1. The molecule has 0 fully saturated rings. The number of nitrogens with two attached hydrogens (primary N) is 2. The molecule has 0 aromatic carbocycles. The predicted octanol–water partition coefficient (Wildman–Crippen LogP) is 0.309. The Kier molecular flexibility index (Phi) is 3.18. The molecule has 0 radical (unpaired) electrons. The lowest BCUT2D eigenvalue weighted by Crippen LogP contribution is -2.06. The molecule has 0 spiro atoms. The first kappa shape index (κ1) is 12.7. The van der Waals surface area contributed by atoms with E-state index in [2.05, 4.69) is 15.0 Å². The van der Waals surface area contributed by atoms with Gasteiger partial charge in [0.25, 0.3) is 0 Å². The Hall–Kier alpha value is -1.74. The van der Waals surface area contributed by atoms with Gasteiger partial charge in [-0.15, -0.1) is 0 Å². The number of rotatable bonds is 3. The average molecular weight is 285 g/mol. The standard InChI is InChI=1S/C9H11N5O2S2/c1-18(15,16)4-5-2-7(10)14-8(13-5)6-3-12-9(11)17-6/h2-3H,4H2,1H3,(H2,11,12)(H2,10,13,14). The maximum Gasteiger partial charge on any atom is 0.180 e. The highest BCUT2D eigenvalue weighted by molar-refractivity contribution is 7.89. The molecule has 2 aromatic rings. The minimum Gasteiger partial charge on any atom is -0.384 e. The summed E-state index contributed by atoms with van der Waals surface area (Å²) in [7, 11) is -3.17. The third-order valence-corrected chi connectivity index (χ3v) is 3.60. The molecule has 0 aliphatic rings. The van der Waals surface area contributed by atoms with Gasteiger partial charge in [-0.2, -0.15) is 0 Å². The van der Waals surface area contributed by atoms with Crippen molar-refractivity contribution < 1.29 is 8.42 Å². The SMILES string of the molecule is CS(=O)(=O)Cc1cc(N)nc(-c2cnc(N)s2)n1. The minimum atomic E-state index is -3.17. The summed E-state index contributed by atoms with van der Waals surface area (Å²) in [6.45, 7) is 0. The highest BCUT2D eigenvalue weighted by Gasteiger charge is 2.12. The molecule has 2 rings (SSSR count). The second kappa shape index (κ2) is 4.50. The van der Waals surface area contributed by atoms with Crippen LogP contribution in [0.1, 0.15) is 5.69 Å². The molecule has 96 valence electrons. The fourth-order valence-electron chi connectivity index (χ4n) is 1.36. The summed E-state index contributed by atoms with van der Waals surface area (Å²) in [5.74, 6) is 0.370. The lowest BCUT2D eigenvalue weighted by Gasteiger charge is -2.03. The van der Waals surface area contributed by atoms with Crippen molar-refractivity contribution in [1.29, 1.82) is 0 Å². The molecule has 18 heavy (non-hydrogen) atoms. The third-order valence-electron chi connectivity index (χ3n) is 1.95. The molecule has 2 heterocycles. The van der Waals surface area contributed by atoms with E-state index in [0.717, 1.165) is 6.26 Å². The quantitative estimate of drug-likeness (QED) is 0.831. The van der Waals surface area contributed by atoms with Gasteiger partial charge in [-0.25, -0.2) is 23.4 Å². The number of hydrogen-bond donors (Lipinski definition) is 2. The van der Waals surface area contributed by atoms with Crippen molar-refractivity contribution in [2.45, 2.75) is 5.75 Å². The van der Waals surface area contributed by atoms with Gasteiger partial charge in [-0.05, 0) is 0 Å². The maximum absolute atomic E-state index is 11.2. The molecular formula is C9H11N5O2S2. The molecule has 0 amide bonds.